The van der Waals surface area contributed by atoms with Crippen molar-refractivity contribution in [1.82, 2.24) is 15.3 Å². The van der Waals surface area contributed by atoms with Crippen LogP contribution in [0.15, 0.2) is 23.8 Å². The Morgan fingerprint density at radius 1 is 1.59 bits per heavy atom. The molecule has 0 spiro atoms. The van der Waals surface area contributed by atoms with E-state index in [2.05, 4.69) is 22.2 Å². The van der Waals surface area contributed by atoms with Crippen LogP contribution in [0.1, 0.15) is 30.1 Å². The molecule has 0 aliphatic carbocycles. The molecule has 5 heteroatoms. The average Bonchev–Trinajstić information content (AvgIpc) is 2.95. The summed E-state index contributed by atoms with van der Waals surface area (Å²) in [5.41, 5.74) is 0. The van der Waals surface area contributed by atoms with Crippen LogP contribution in [0.4, 0.5) is 0 Å². The van der Waals surface area contributed by atoms with E-state index < -0.39 is 0 Å². The molecular formula is C12H16ClN3S. The molecule has 2 aromatic heterocycles. The van der Waals surface area contributed by atoms with Crippen LogP contribution in [0.5, 0.6) is 0 Å². The first-order chi connectivity index (χ1) is 8.31. The molecule has 0 bridgehead atoms. The second-order valence-corrected chi connectivity index (χ2v) is 5.23. The predicted octanol–water partition coefficient (Wildman–Crippen LogP) is 3.41. The van der Waals surface area contributed by atoms with Crippen molar-refractivity contribution in [3.63, 3.8) is 0 Å². The second kappa shape index (κ2) is 6.19. The molecule has 2 aromatic rings. The van der Waals surface area contributed by atoms with Crippen LogP contribution in [0.2, 0.25) is 5.02 Å². The molecule has 0 aliphatic rings. The fourth-order valence-electron chi connectivity index (χ4n) is 1.73. The third-order valence-electron chi connectivity index (χ3n) is 2.55. The first kappa shape index (κ1) is 12.6. The van der Waals surface area contributed by atoms with E-state index in [1.165, 1.54) is 4.88 Å². The number of nitrogens with zero attached hydrogens (tertiary/aromatic N) is 1. The van der Waals surface area contributed by atoms with E-state index in [1.54, 1.807) is 17.5 Å². The molecule has 17 heavy (non-hydrogen) atoms. The SMILES string of the molecule is CCCNC(Cc1ncc[nH]1)c1sccc1Cl. The number of hydrogen-bond acceptors (Lipinski definition) is 3. The fraction of sp³-hybridized carbons (Fsp3) is 0.417. The monoisotopic (exact) mass is 269 g/mol. The van der Waals surface area contributed by atoms with Crippen molar-refractivity contribution < 1.29 is 0 Å². The van der Waals surface area contributed by atoms with Gasteiger partial charge in [0.25, 0.3) is 0 Å². The van der Waals surface area contributed by atoms with Gasteiger partial charge >= 0.3 is 0 Å². The molecule has 0 saturated heterocycles. The van der Waals surface area contributed by atoms with Crippen LogP contribution in [0.25, 0.3) is 0 Å². The molecule has 0 saturated carbocycles. The lowest BCUT2D eigenvalue weighted by Gasteiger charge is -2.16. The number of rotatable bonds is 6. The molecule has 1 atom stereocenters. The van der Waals surface area contributed by atoms with Crippen molar-refractivity contribution in [2.75, 3.05) is 6.54 Å². The Balaban J connectivity index is 2.11. The lowest BCUT2D eigenvalue weighted by Crippen LogP contribution is -2.24. The standard InChI is InChI=1S/C12H16ClN3S/c1-2-4-14-10(8-11-15-5-6-16-11)12-9(13)3-7-17-12/h3,5-7,10,14H,2,4,8H2,1H3,(H,15,16). The van der Waals surface area contributed by atoms with Crippen LogP contribution >= 0.6 is 22.9 Å². The molecule has 0 aliphatic heterocycles. The maximum atomic E-state index is 6.19. The Labute approximate surface area is 110 Å². The van der Waals surface area contributed by atoms with Crippen molar-refractivity contribution in [2.45, 2.75) is 25.8 Å². The summed E-state index contributed by atoms with van der Waals surface area (Å²) in [4.78, 5) is 8.60. The summed E-state index contributed by atoms with van der Waals surface area (Å²) in [5, 5.41) is 6.39. The Bertz CT molecular complexity index is 438. The van der Waals surface area contributed by atoms with Crippen LogP contribution in [-0.2, 0) is 6.42 Å². The first-order valence-corrected chi connectivity index (χ1v) is 7.01. The topological polar surface area (TPSA) is 40.7 Å². The van der Waals surface area contributed by atoms with E-state index in [4.69, 9.17) is 11.6 Å². The van der Waals surface area contributed by atoms with Gasteiger partial charge in [0.15, 0.2) is 0 Å². The normalized spacial score (nSPS) is 12.8. The highest BCUT2D eigenvalue weighted by atomic mass is 35.5. The van der Waals surface area contributed by atoms with E-state index in [0.717, 1.165) is 30.2 Å². The van der Waals surface area contributed by atoms with Crippen LogP contribution in [0, 0.1) is 0 Å². The molecule has 2 rings (SSSR count). The summed E-state index contributed by atoms with van der Waals surface area (Å²) in [6.07, 6.45) is 5.58. The molecule has 0 fully saturated rings. The summed E-state index contributed by atoms with van der Waals surface area (Å²) in [6.45, 7) is 3.15. The number of imidazole rings is 1. The van der Waals surface area contributed by atoms with Crippen molar-refractivity contribution in [3.8, 4) is 0 Å². The van der Waals surface area contributed by atoms with Gasteiger partial charge in [-0.05, 0) is 24.4 Å². The van der Waals surface area contributed by atoms with Crippen LogP contribution in [-0.4, -0.2) is 16.5 Å². The number of halogens is 1. The van der Waals surface area contributed by atoms with E-state index in [1.807, 2.05) is 17.6 Å². The van der Waals surface area contributed by atoms with Gasteiger partial charge in [-0.15, -0.1) is 11.3 Å². The fourth-order valence-corrected chi connectivity index (χ4v) is 3.00. The third-order valence-corrected chi connectivity index (χ3v) is 4.03. The summed E-state index contributed by atoms with van der Waals surface area (Å²) in [6, 6.07) is 2.19. The Morgan fingerprint density at radius 3 is 3.06 bits per heavy atom. The minimum absolute atomic E-state index is 0.244. The second-order valence-electron chi connectivity index (χ2n) is 3.88. The van der Waals surface area contributed by atoms with Gasteiger partial charge in [0, 0.05) is 23.7 Å². The van der Waals surface area contributed by atoms with Crippen molar-refractivity contribution in [1.29, 1.82) is 0 Å². The molecule has 1 unspecified atom stereocenters. The first-order valence-electron chi connectivity index (χ1n) is 5.75. The Kier molecular flexibility index (Phi) is 4.59. The van der Waals surface area contributed by atoms with E-state index >= 15 is 0 Å². The van der Waals surface area contributed by atoms with E-state index in [-0.39, 0.29) is 6.04 Å². The zero-order valence-corrected chi connectivity index (χ0v) is 11.3. The van der Waals surface area contributed by atoms with Gasteiger partial charge < -0.3 is 10.3 Å². The summed E-state index contributed by atoms with van der Waals surface area (Å²) in [7, 11) is 0. The average molecular weight is 270 g/mol. The summed E-state index contributed by atoms with van der Waals surface area (Å²) in [5.74, 6) is 0.989. The maximum Gasteiger partial charge on any atom is 0.107 e. The highest BCUT2D eigenvalue weighted by molar-refractivity contribution is 7.10. The van der Waals surface area contributed by atoms with Gasteiger partial charge in [-0.25, -0.2) is 4.98 Å². The molecule has 0 aromatic carbocycles. The molecule has 92 valence electrons. The minimum atomic E-state index is 0.244. The van der Waals surface area contributed by atoms with Gasteiger partial charge in [-0.3, -0.25) is 0 Å². The third kappa shape index (κ3) is 3.31. The maximum absolute atomic E-state index is 6.19. The van der Waals surface area contributed by atoms with Gasteiger partial charge in [0.05, 0.1) is 11.1 Å². The quantitative estimate of drug-likeness (QED) is 0.844. The zero-order valence-electron chi connectivity index (χ0n) is 9.74. The Hall–Kier alpha value is -0.840. The van der Waals surface area contributed by atoms with Gasteiger partial charge in [-0.2, -0.15) is 0 Å². The Morgan fingerprint density at radius 2 is 2.47 bits per heavy atom. The summed E-state index contributed by atoms with van der Waals surface area (Å²) < 4.78 is 0. The van der Waals surface area contributed by atoms with E-state index in [0.29, 0.717) is 0 Å². The molecule has 0 radical (unpaired) electrons. The lowest BCUT2D eigenvalue weighted by atomic mass is 10.1. The van der Waals surface area contributed by atoms with Gasteiger partial charge in [0.2, 0.25) is 0 Å². The minimum Gasteiger partial charge on any atom is -0.349 e. The number of nitrogens with one attached hydrogen (secondary N) is 2. The molecule has 2 N–H and O–H groups in total. The highest BCUT2D eigenvalue weighted by Gasteiger charge is 2.17. The highest BCUT2D eigenvalue weighted by Crippen LogP contribution is 2.30. The summed E-state index contributed by atoms with van der Waals surface area (Å²) >= 11 is 7.89. The number of thiophene rings is 1. The molecular weight excluding hydrogens is 254 g/mol. The number of hydrogen-bond donors (Lipinski definition) is 2. The van der Waals surface area contributed by atoms with Gasteiger partial charge in [-0.1, -0.05) is 18.5 Å². The predicted molar refractivity (Wildman–Crippen MR) is 72.7 cm³/mol. The number of aromatic amines is 1. The molecule has 3 nitrogen and oxygen atoms in total. The van der Waals surface area contributed by atoms with Crippen LogP contribution < -0.4 is 5.32 Å². The molecule has 2 heterocycles. The van der Waals surface area contributed by atoms with E-state index in [9.17, 15) is 0 Å². The van der Waals surface area contributed by atoms with Gasteiger partial charge in [0.1, 0.15) is 5.82 Å². The van der Waals surface area contributed by atoms with Crippen molar-refractivity contribution >= 4 is 22.9 Å². The lowest BCUT2D eigenvalue weighted by molar-refractivity contribution is 0.527. The van der Waals surface area contributed by atoms with Crippen LogP contribution in [0.3, 0.4) is 0 Å². The largest absolute Gasteiger partial charge is 0.349 e. The molecule has 0 amide bonds. The number of H-pyrrole nitrogens is 1. The smallest absolute Gasteiger partial charge is 0.107 e. The van der Waals surface area contributed by atoms with Crippen molar-refractivity contribution in [3.05, 3.63) is 39.6 Å². The number of aromatic nitrogens is 2. The zero-order chi connectivity index (χ0) is 12.1. The van der Waals surface area contributed by atoms with Crippen molar-refractivity contribution in [2.24, 2.45) is 0 Å².